The van der Waals surface area contributed by atoms with Crippen molar-refractivity contribution in [2.75, 3.05) is 13.1 Å². The SMILES string of the molecule is CC(C)(CN)C(=O)NCC1CCCCC1O.Cl. The van der Waals surface area contributed by atoms with Crippen molar-refractivity contribution in [1.82, 2.24) is 5.32 Å². The number of rotatable bonds is 4. The summed E-state index contributed by atoms with van der Waals surface area (Å²) in [5, 5.41) is 12.7. The third-order valence-electron chi connectivity index (χ3n) is 3.52. The molecule has 0 heterocycles. The summed E-state index contributed by atoms with van der Waals surface area (Å²) in [5.74, 6) is 0.194. The van der Waals surface area contributed by atoms with Crippen molar-refractivity contribution in [3.05, 3.63) is 0 Å². The van der Waals surface area contributed by atoms with Gasteiger partial charge in [0.05, 0.1) is 11.5 Å². The first-order valence-electron chi connectivity index (χ1n) is 6.14. The van der Waals surface area contributed by atoms with Crippen LogP contribution in [0.25, 0.3) is 0 Å². The van der Waals surface area contributed by atoms with Crippen LogP contribution < -0.4 is 11.1 Å². The van der Waals surface area contributed by atoms with Crippen LogP contribution in [0.2, 0.25) is 0 Å². The molecular formula is C12H25ClN2O2. The summed E-state index contributed by atoms with van der Waals surface area (Å²) in [6.07, 6.45) is 3.86. The Morgan fingerprint density at radius 2 is 2.00 bits per heavy atom. The number of nitrogens with two attached hydrogens (primary N) is 1. The zero-order valence-corrected chi connectivity index (χ0v) is 11.6. The van der Waals surface area contributed by atoms with Gasteiger partial charge in [0.15, 0.2) is 0 Å². The monoisotopic (exact) mass is 264 g/mol. The van der Waals surface area contributed by atoms with Gasteiger partial charge in [0.1, 0.15) is 0 Å². The lowest BCUT2D eigenvalue weighted by molar-refractivity contribution is -0.129. The number of amides is 1. The van der Waals surface area contributed by atoms with Gasteiger partial charge >= 0.3 is 0 Å². The Kier molecular flexibility index (Phi) is 7.05. The smallest absolute Gasteiger partial charge is 0.226 e. The Bertz CT molecular complexity index is 247. The molecule has 4 N–H and O–H groups in total. The van der Waals surface area contributed by atoms with E-state index in [1.54, 1.807) is 0 Å². The Labute approximate surface area is 110 Å². The molecule has 0 saturated heterocycles. The van der Waals surface area contributed by atoms with Crippen molar-refractivity contribution in [3.63, 3.8) is 0 Å². The summed E-state index contributed by atoms with van der Waals surface area (Å²) >= 11 is 0. The van der Waals surface area contributed by atoms with Gasteiger partial charge < -0.3 is 16.2 Å². The molecule has 0 bridgehead atoms. The maximum Gasteiger partial charge on any atom is 0.226 e. The standard InChI is InChI=1S/C12H24N2O2.ClH/c1-12(2,8-13)11(16)14-7-9-5-3-4-6-10(9)15;/h9-10,15H,3-8,13H2,1-2H3,(H,14,16);1H. The first kappa shape index (κ1) is 16.7. The van der Waals surface area contributed by atoms with E-state index in [1.807, 2.05) is 13.8 Å². The highest BCUT2D eigenvalue weighted by Gasteiger charge is 2.28. The van der Waals surface area contributed by atoms with Crippen molar-refractivity contribution in [2.24, 2.45) is 17.1 Å². The minimum Gasteiger partial charge on any atom is -0.393 e. The molecule has 102 valence electrons. The molecule has 2 atom stereocenters. The van der Waals surface area contributed by atoms with Crippen LogP contribution in [0.5, 0.6) is 0 Å². The third-order valence-corrected chi connectivity index (χ3v) is 3.52. The average Bonchev–Trinajstić information content (AvgIpc) is 2.27. The number of carbonyl (C=O) groups is 1. The normalized spacial score (nSPS) is 24.9. The molecule has 1 aliphatic carbocycles. The van der Waals surface area contributed by atoms with Gasteiger partial charge in [-0.15, -0.1) is 12.4 Å². The number of aliphatic hydroxyl groups is 1. The molecule has 1 aliphatic rings. The average molecular weight is 265 g/mol. The molecule has 0 aromatic carbocycles. The van der Waals surface area contributed by atoms with E-state index in [9.17, 15) is 9.90 Å². The Balaban J connectivity index is 0.00000256. The molecule has 17 heavy (non-hydrogen) atoms. The van der Waals surface area contributed by atoms with Crippen LogP contribution in [0, 0.1) is 11.3 Å². The largest absolute Gasteiger partial charge is 0.393 e. The van der Waals surface area contributed by atoms with E-state index >= 15 is 0 Å². The molecular weight excluding hydrogens is 240 g/mol. The Hall–Kier alpha value is -0.320. The van der Waals surface area contributed by atoms with Crippen molar-refractivity contribution in [3.8, 4) is 0 Å². The molecule has 1 fully saturated rings. The van der Waals surface area contributed by atoms with Gasteiger partial charge in [-0.1, -0.05) is 12.8 Å². The minimum atomic E-state index is -0.514. The zero-order chi connectivity index (χ0) is 12.2. The highest BCUT2D eigenvalue weighted by atomic mass is 35.5. The predicted molar refractivity (Wildman–Crippen MR) is 71.1 cm³/mol. The predicted octanol–water partition coefficient (Wildman–Crippen LogP) is 1.06. The second-order valence-electron chi connectivity index (χ2n) is 5.41. The molecule has 0 aromatic rings. The summed E-state index contributed by atoms with van der Waals surface area (Å²) in [6.45, 7) is 4.58. The summed E-state index contributed by atoms with van der Waals surface area (Å²) in [7, 11) is 0. The van der Waals surface area contributed by atoms with Gasteiger partial charge in [0.2, 0.25) is 5.91 Å². The molecule has 0 aliphatic heterocycles. The maximum atomic E-state index is 11.8. The fraction of sp³-hybridized carbons (Fsp3) is 0.917. The van der Waals surface area contributed by atoms with Gasteiger partial charge in [0, 0.05) is 19.0 Å². The van der Waals surface area contributed by atoms with E-state index in [-0.39, 0.29) is 30.3 Å². The van der Waals surface area contributed by atoms with E-state index in [1.165, 1.54) is 0 Å². The fourth-order valence-electron chi connectivity index (χ4n) is 1.98. The first-order valence-corrected chi connectivity index (χ1v) is 6.14. The lowest BCUT2D eigenvalue weighted by atomic mass is 9.86. The minimum absolute atomic E-state index is 0. The summed E-state index contributed by atoms with van der Waals surface area (Å²) in [5.41, 5.74) is 5.02. The maximum absolute atomic E-state index is 11.8. The summed E-state index contributed by atoms with van der Waals surface area (Å²) < 4.78 is 0. The lowest BCUT2D eigenvalue weighted by Crippen LogP contribution is -2.45. The number of carbonyl (C=O) groups excluding carboxylic acids is 1. The van der Waals surface area contributed by atoms with E-state index in [2.05, 4.69) is 5.32 Å². The molecule has 5 heteroatoms. The summed E-state index contributed by atoms with van der Waals surface area (Å²) in [4.78, 5) is 11.8. The topological polar surface area (TPSA) is 75.4 Å². The van der Waals surface area contributed by atoms with Gasteiger partial charge in [0.25, 0.3) is 0 Å². The molecule has 0 radical (unpaired) electrons. The zero-order valence-electron chi connectivity index (χ0n) is 10.7. The summed E-state index contributed by atoms with van der Waals surface area (Å²) in [6, 6.07) is 0. The Morgan fingerprint density at radius 3 is 2.53 bits per heavy atom. The van der Waals surface area contributed by atoms with Crippen molar-refractivity contribution < 1.29 is 9.90 Å². The second-order valence-corrected chi connectivity index (χ2v) is 5.41. The molecule has 1 rings (SSSR count). The van der Waals surface area contributed by atoms with Crippen LogP contribution in [0.15, 0.2) is 0 Å². The quantitative estimate of drug-likeness (QED) is 0.711. The third kappa shape index (κ3) is 4.82. The van der Waals surface area contributed by atoms with Crippen molar-refractivity contribution >= 4 is 18.3 Å². The van der Waals surface area contributed by atoms with Gasteiger partial charge in [-0.3, -0.25) is 4.79 Å². The molecule has 0 aromatic heterocycles. The molecule has 0 spiro atoms. The molecule has 1 amide bonds. The lowest BCUT2D eigenvalue weighted by Gasteiger charge is -2.29. The number of halogens is 1. The van der Waals surface area contributed by atoms with Gasteiger partial charge in [-0.2, -0.15) is 0 Å². The first-order chi connectivity index (χ1) is 7.47. The van der Waals surface area contributed by atoms with Crippen LogP contribution in [-0.2, 0) is 4.79 Å². The Morgan fingerprint density at radius 1 is 1.41 bits per heavy atom. The highest BCUT2D eigenvalue weighted by molar-refractivity contribution is 5.85. The highest BCUT2D eigenvalue weighted by Crippen LogP contribution is 2.24. The van der Waals surface area contributed by atoms with E-state index in [0.717, 1.165) is 25.7 Å². The van der Waals surface area contributed by atoms with E-state index in [4.69, 9.17) is 5.73 Å². The van der Waals surface area contributed by atoms with Crippen molar-refractivity contribution in [1.29, 1.82) is 0 Å². The number of nitrogens with one attached hydrogen (secondary N) is 1. The molecule has 1 saturated carbocycles. The van der Waals surface area contributed by atoms with E-state index in [0.29, 0.717) is 13.1 Å². The number of hydrogen-bond acceptors (Lipinski definition) is 3. The number of hydrogen-bond donors (Lipinski definition) is 3. The van der Waals surface area contributed by atoms with Crippen molar-refractivity contribution in [2.45, 2.75) is 45.6 Å². The van der Waals surface area contributed by atoms with Crippen LogP contribution in [0.4, 0.5) is 0 Å². The van der Waals surface area contributed by atoms with Crippen LogP contribution in [-0.4, -0.2) is 30.2 Å². The van der Waals surface area contributed by atoms with Crippen LogP contribution >= 0.6 is 12.4 Å². The fourth-order valence-corrected chi connectivity index (χ4v) is 1.98. The second kappa shape index (κ2) is 7.19. The molecule has 2 unspecified atom stereocenters. The number of aliphatic hydroxyl groups excluding tert-OH is 1. The van der Waals surface area contributed by atoms with Crippen LogP contribution in [0.1, 0.15) is 39.5 Å². The van der Waals surface area contributed by atoms with Gasteiger partial charge in [-0.25, -0.2) is 0 Å². The van der Waals surface area contributed by atoms with Gasteiger partial charge in [-0.05, 0) is 26.7 Å². The molecule has 4 nitrogen and oxygen atoms in total. The van der Waals surface area contributed by atoms with Crippen LogP contribution in [0.3, 0.4) is 0 Å². The van der Waals surface area contributed by atoms with E-state index < -0.39 is 5.41 Å².